The number of nitrogens with two attached hydrogens (primary N) is 1. The molecule has 0 aliphatic carbocycles. The van der Waals surface area contributed by atoms with Gasteiger partial charge in [-0.25, -0.2) is 0 Å². The molecule has 0 spiro atoms. The zero-order chi connectivity index (χ0) is 10.4. The van der Waals surface area contributed by atoms with Gasteiger partial charge in [-0.05, 0) is 12.8 Å². The molecule has 5 heteroatoms. The van der Waals surface area contributed by atoms with Gasteiger partial charge in [0.05, 0.1) is 6.04 Å². The molecule has 1 aromatic rings. The smallest absolute Gasteiger partial charge is 0.243 e. The van der Waals surface area contributed by atoms with Gasteiger partial charge in [0.2, 0.25) is 5.89 Å². The average molecular weight is 199 g/mol. The van der Waals surface area contributed by atoms with Crippen LogP contribution in [-0.4, -0.2) is 21.9 Å². The third kappa shape index (κ3) is 3.08. The lowest BCUT2D eigenvalue weighted by molar-refractivity contribution is 0.259. The summed E-state index contributed by atoms with van der Waals surface area (Å²) in [5.74, 6) is 1.13. The first-order chi connectivity index (χ1) is 6.77. The van der Waals surface area contributed by atoms with E-state index in [-0.39, 0.29) is 12.6 Å². The van der Waals surface area contributed by atoms with Gasteiger partial charge in [-0.1, -0.05) is 18.5 Å². The third-order valence-electron chi connectivity index (χ3n) is 2.00. The minimum atomic E-state index is -0.345. The van der Waals surface area contributed by atoms with Crippen LogP contribution in [-0.2, 0) is 6.42 Å². The van der Waals surface area contributed by atoms with E-state index in [4.69, 9.17) is 15.4 Å². The number of unbranched alkanes of at least 4 members (excludes halogenated alkanes) is 1. The first-order valence-electron chi connectivity index (χ1n) is 4.96. The van der Waals surface area contributed by atoms with Crippen LogP contribution in [0.2, 0.25) is 0 Å². The fraction of sp³-hybridized carbons (Fsp3) is 0.778. The van der Waals surface area contributed by atoms with E-state index in [0.29, 0.717) is 18.1 Å². The molecule has 0 saturated heterocycles. The maximum Gasteiger partial charge on any atom is 0.243 e. The van der Waals surface area contributed by atoms with Crippen molar-refractivity contribution >= 4 is 0 Å². The van der Waals surface area contributed by atoms with Crippen LogP contribution in [0.1, 0.15) is 43.9 Å². The molecular formula is C9H17N3O2. The summed E-state index contributed by atoms with van der Waals surface area (Å²) in [6, 6.07) is -0.345. The van der Waals surface area contributed by atoms with Crippen LogP contribution in [0.25, 0.3) is 0 Å². The predicted molar refractivity (Wildman–Crippen MR) is 51.5 cm³/mol. The highest BCUT2D eigenvalue weighted by atomic mass is 16.5. The Hall–Kier alpha value is -0.940. The van der Waals surface area contributed by atoms with Crippen LogP contribution in [0, 0.1) is 0 Å². The Bertz CT molecular complexity index is 262. The van der Waals surface area contributed by atoms with E-state index in [1.165, 1.54) is 0 Å². The van der Waals surface area contributed by atoms with E-state index in [0.717, 1.165) is 19.3 Å². The lowest BCUT2D eigenvalue weighted by Gasteiger charge is -2.01. The van der Waals surface area contributed by atoms with E-state index < -0.39 is 0 Å². The average Bonchev–Trinajstić information content (AvgIpc) is 2.63. The SMILES string of the molecule is CCCCc1noc(C(N)CCO)n1. The highest BCUT2D eigenvalue weighted by Crippen LogP contribution is 2.11. The summed E-state index contributed by atoms with van der Waals surface area (Å²) in [4.78, 5) is 4.15. The summed E-state index contributed by atoms with van der Waals surface area (Å²) < 4.78 is 4.98. The molecule has 0 aliphatic rings. The van der Waals surface area contributed by atoms with Crippen LogP contribution in [0.5, 0.6) is 0 Å². The van der Waals surface area contributed by atoms with Crippen LogP contribution in [0.3, 0.4) is 0 Å². The standard InChI is InChI=1S/C9H17N3O2/c1-2-3-4-8-11-9(14-12-8)7(10)5-6-13/h7,13H,2-6,10H2,1H3. The summed E-state index contributed by atoms with van der Waals surface area (Å²) in [6.45, 7) is 2.15. The predicted octanol–water partition coefficient (Wildman–Crippen LogP) is 0.794. The summed E-state index contributed by atoms with van der Waals surface area (Å²) in [7, 11) is 0. The van der Waals surface area contributed by atoms with Crippen LogP contribution in [0.4, 0.5) is 0 Å². The van der Waals surface area contributed by atoms with Crippen molar-refractivity contribution in [3.05, 3.63) is 11.7 Å². The molecule has 3 N–H and O–H groups in total. The van der Waals surface area contributed by atoms with Gasteiger partial charge in [-0.2, -0.15) is 4.98 Å². The van der Waals surface area contributed by atoms with Gasteiger partial charge in [-0.15, -0.1) is 0 Å². The second kappa shape index (κ2) is 5.72. The Morgan fingerprint density at radius 3 is 3.00 bits per heavy atom. The van der Waals surface area contributed by atoms with E-state index in [1.54, 1.807) is 0 Å². The van der Waals surface area contributed by atoms with Crippen molar-refractivity contribution in [2.45, 2.75) is 38.6 Å². The van der Waals surface area contributed by atoms with Crippen LogP contribution in [0.15, 0.2) is 4.52 Å². The van der Waals surface area contributed by atoms with Gasteiger partial charge in [0.25, 0.3) is 0 Å². The molecule has 0 radical (unpaired) electrons. The molecular weight excluding hydrogens is 182 g/mol. The molecule has 0 aliphatic heterocycles. The normalized spacial score (nSPS) is 13.1. The highest BCUT2D eigenvalue weighted by Gasteiger charge is 2.13. The van der Waals surface area contributed by atoms with Gasteiger partial charge < -0.3 is 15.4 Å². The summed E-state index contributed by atoms with van der Waals surface area (Å²) in [6.07, 6.45) is 3.43. The molecule has 1 unspecified atom stereocenters. The zero-order valence-electron chi connectivity index (χ0n) is 8.44. The third-order valence-corrected chi connectivity index (χ3v) is 2.00. The topological polar surface area (TPSA) is 85.2 Å². The molecule has 1 aromatic heterocycles. The van der Waals surface area contributed by atoms with Crippen molar-refractivity contribution in [3.63, 3.8) is 0 Å². The number of rotatable bonds is 6. The lowest BCUT2D eigenvalue weighted by atomic mass is 10.2. The van der Waals surface area contributed by atoms with E-state index in [1.807, 2.05) is 0 Å². The molecule has 0 fully saturated rings. The largest absolute Gasteiger partial charge is 0.396 e. The Labute approximate surface area is 83.3 Å². The lowest BCUT2D eigenvalue weighted by Crippen LogP contribution is -2.12. The minimum absolute atomic E-state index is 0.0356. The molecule has 1 heterocycles. The van der Waals surface area contributed by atoms with Crippen molar-refractivity contribution in [2.24, 2.45) is 5.73 Å². The molecule has 0 bridgehead atoms. The number of aryl methyl sites for hydroxylation is 1. The van der Waals surface area contributed by atoms with E-state index >= 15 is 0 Å². The molecule has 1 atom stereocenters. The van der Waals surface area contributed by atoms with Gasteiger partial charge >= 0.3 is 0 Å². The minimum Gasteiger partial charge on any atom is -0.396 e. The molecule has 5 nitrogen and oxygen atoms in total. The number of nitrogens with zero attached hydrogens (tertiary/aromatic N) is 2. The van der Waals surface area contributed by atoms with Gasteiger partial charge in [0.1, 0.15) is 0 Å². The zero-order valence-corrected chi connectivity index (χ0v) is 8.44. The van der Waals surface area contributed by atoms with Gasteiger partial charge in [0.15, 0.2) is 5.82 Å². The second-order valence-electron chi connectivity index (χ2n) is 3.27. The van der Waals surface area contributed by atoms with Crippen molar-refractivity contribution in [2.75, 3.05) is 6.61 Å². The highest BCUT2D eigenvalue weighted by molar-refractivity contribution is 4.91. The summed E-state index contributed by atoms with van der Waals surface area (Å²) >= 11 is 0. The Balaban J connectivity index is 2.49. The second-order valence-corrected chi connectivity index (χ2v) is 3.27. The maximum atomic E-state index is 8.68. The monoisotopic (exact) mass is 199 g/mol. The van der Waals surface area contributed by atoms with Crippen LogP contribution >= 0.6 is 0 Å². The van der Waals surface area contributed by atoms with E-state index in [9.17, 15) is 0 Å². The molecule has 80 valence electrons. The molecule has 1 rings (SSSR count). The fourth-order valence-corrected chi connectivity index (χ4v) is 1.12. The van der Waals surface area contributed by atoms with Gasteiger partial charge in [0, 0.05) is 13.0 Å². The fourth-order valence-electron chi connectivity index (χ4n) is 1.12. The maximum absolute atomic E-state index is 8.68. The summed E-state index contributed by atoms with van der Waals surface area (Å²) in [5, 5.41) is 12.5. The first-order valence-corrected chi connectivity index (χ1v) is 4.96. The van der Waals surface area contributed by atoms with Crippen molar-refractivity contribution < 1.29 is 9.63 Å². The molecule has 0 saturated carbocycles. The Kier molecular flexibility index (Phi) is 4.55. The quantitative estimate of drug-likeness (QED) is 0.707. The first kappa shape index (κ1) is 11.1. The Morgan fingerprint density at radius 2 is 2.36 bits per heavy atom. The van der Waals surface area contributed by atoms with Crippen LogP contribution < -0.4 is 5.73 Å². The molecule has 14 heavy (non-hydrogen) atoms. The van der Waals surface area contributed by atoms with Gasteiger partial charge in [-0.3, -0.25) is 0 Å². The number of hydrogen-bond donors (Lipinski definition) is 2. The molecule has 0 amide bonds. The van der Waals surface area contributed by atoms with E-state index in [2.05, 4.69) is 17.1 Å². The summed E-state index contributed by atoms with van der Waals surface area (Å²) in [5.41, 5.74) is 5.69. The van der Waals surface area contributed by atoms with Crippen molar-refractivity contribution in [3.8, 4) is 0 Å². The number of aliphatic hydroxyl groups excluding tert-OH is 1. The number of hydrogen-bond acceptors (Lipinski definition) is 5. The van der Waals surface area contributed by atoms with Crippen molar-refractivity contribution in [1.29, 1.82) is 0 Å². The molecule has 0 aromatic carbocycles. The van der Waals surface area contributed by atoms with Crippen molar-refractivity contribution in [1.82, 2.24) is 10.1 Å². The number of aromatic nitrogens is 2. The number of aliphatic hydroxyl groups is 1. The Morgan fingerprint density at radius 1 is 1.57 bits per heavy atom.